The first-order valence-electron chi connectivity index (χ1n) is 5.05. The second-order valence-corrected chi connectivity index (χ2v) is 5.50. The first-order chi connectivity index (χ1) is 7.46. The number of ether oxygens (including phenoxy) is 1. The van der Waals surface area contributed by atoms with Gasteiger partial charge >= 0.3 is 6.09 Å². The normalized spacial score (nSPS) is 19.1. The molecule has 4 nitrogen and oxygen atoms in total. The van der Waals surface area contributed by atoms with Crippen molar-refractivity contribution in [1.82, 2.24) is 4.90 Å². The molecule has 1 amide bonds. The lowest BCUT2D eigenvalue weighted by molar-refractivity contribution is 0.0399. The molecule has 0 spiro atoms. The van der Waals surface area contributed by atoms with Gasteiger partial charge in [0.2, 0.25) is 0 Å². The molecule has 0 aliphatic carbocycles. The lowest BCUT2D eigenvalue weighted by Crippen LogP contribution is -2.32. The highest BCUT2D eigenvalue weighted by Gasteiger charge is 2.24. The van der Waals surface area contributed by atoms with Crippen LogP contribution in [-0.4, -0.2) is 28.2 Å². The fourth-order valence-corrected chi connectivity index (χ4v) is 2.12. The molecule has 0 saturated heterocycles. The van der Waals surface area contributed by atoms with Gasteiger partial charge in [-0.05, 0) is 26.8 Å². The van der Waals surface area contributed by atoms with Crippen molar-refractivity contribution in [3.05, 3.63) is 23.4 Å². The molecule has 0 bridgehead atoms. The van der Waals surface area contributed by atoms with Crippen molar-refractivity contribution >= 4 is 23.6 Å². The summed E-state index contributed by atoms with van der Waals surface area (Å²) < 4.78 is 5.27. The van der Waals surface area contributed by atoms with Gasteiger partial charge in [-0.2, -0.15) is 0 Å². The van der Waals surface area contributed by atoms with Crippen LogP contribution in [0, 0.1) is 0 Å². The Morgan fingerprint density at radius 2 is 2.31 bits per heavy atom. The smallest absolute Gasteiger partial charge is 0.418 e. The molecular weight excluding hydrogens is 224 g/mol. The van der Waals surface area contributed by atoms with Gasteiger partial charge in [0.25, 0.3) is 0 Å². The predicted molar refractivity (Wildman–Crippen MR) is 65.2 cm³/mol. The van der Waals surface area contributed by atoms with Crippen molar-refractivity contribution < 1.29 is 9.53 Å². The van der Waals surface area contributed by atoms with Gasteiger partial charge in [-0.1, -0.05) is 11.8 Å². The molecule has 0 saturated carbocycles. The molecule has 2 rings (SSSR count). The minimum absolute atomic E-state index is 0.359. The largest absolute Gasteiger partial charge is 0.443 e. The van der Waals surface area contributed by atoms with E-state index in [1.165, 1.54) is 4.90 Å². The van der Waals surface area contributed by atoms with Gasteiger partial charge in [0.1, 0.15) is 5.60 Å². The zero-order valence-corrected chi connectivity index (χ0v) is 10.4. The zero-order valence-electron chi connectivity index (χ0n) is 9.56. The fourth-order valence-electron chi connectivity index (χ4n) is 1.31. The summed E-state index contributed by atoms with van der Waals surface area (Å²) in [4.78, 5) is 18.5. The molecule has 0 fully saturated rings. The topological polar surface area (TPSA) is 41.9 Å². The minimum atomic E-state index is -0.472. The number of hydrogen-bond acceptors (Lipinski definition) is 4. The second-order valence-electron chi connectivity index (χ2n) is 4.51. The van der Waals surface area contributed by atoms with Crippen molar-refractivity contribution in [2.75, 3.05) is 5.88 Å². The summed E-state index contributed by atoms with van der Waals surface area (Å²) in [7, 11) is 0. The maximum Gasteiger partial charge on any atom is 0.418 e. The Morgan fingerprint density at radius 3 is 3.00 bits per heavy atom. The van der Waals surface area contributed by atoms with Crippen molar-refractivity contribution in [3.8, 4) is 0 Å². The van der Waals surface area contributed by atoms with Crippen LogP contribution >= 0.6 is 11.8 Å². The van der Waals surface area contributed by atoms with Crippen LogP contribution in [-0.2, 0) is 4.74 Å². The lowest BCUT2D eigenvalue weighted by atomic mass is 10.2. The molecule has 0 aromatic rings. The first kappa shape index (κ1) is 11.3. The molecule has 2 aliphatic heterocycles. The van der Waals surface area contributed by atoms with Gasteiger partial charge in [-0.3, -0.25) is 9.89 Å². The van der Waals surface area contributed by atoms with Gasteiger partial charge in [0.05, 0.1) is 16.5 Å². The number of amides is 1. The summed E-state index contributed by atoms with van der Waals surface area (Å²) in [5.74, 6) is 0.730. The van der Waals surface area contributed by atoms with E-state index in [0.717, 1.165) is 16.5 Å². The van der Waals surface area contributed by atoms with Crippen LogP contribution in [0.1, 0.15) is 20.8 Å². The summed E-state index contributed by atoms with van der Waals surface area (Å²) in [6.45, 7) is 5.55. The zero-order chi connectivity index (χ0) is 11.8. The van der Waals surface area contributed by atoms with Gasteiger partial charge in [0, 0.05) is 12.4 Å². The number of carbonyl (C=O) groups excluding carboxylic acids is 1. The van der Waals surface area contributed by atoms with Gasteiger partial charge in [-0.15, -0.1) is 0 Å². The van der Waals surface area contributed by atoms with Crippen LogP contribution in [0.5, 0.6) is 0 Å². The molecule has 0 aromatic heterocycles. The van der Waals surface area contributed by atoms with E-state index in [4.69, 9.17) is 4.74 Å². The Balaban J connectivity index is 2.08. The molecular formula is C11H14N2O2S. The van der Waals surface area contributed by atoms with Crippen molar-refractivity contribution in [2.45, 2.75) is 26.4 Å². The molecule has 2 heterocycles. The Morgan fingerprint density at radius 1 is 1.56 bits per heavy atom. The summed E-state index contributed by atoms with van der Waals surface area (Å²) in [5.41, 5.74) is 0.477. The molecule has 86 valence electrons. The average molecular weight is 238 g/mol. The van der Waals surface area contributed by atoms with E-state index in [1.54, 1.807) is 24.2 Å². The summed E-state index contributed by atoms with van der Waals surface area (Å²) >= 11 is 1.62. The Labute approximate surface area is 99.1 Å². The van der Waals surface area contributed by atoms with Gasteiger partial charge < -0.3 is 4.74 Å². The maximum atomic E-state index is 11.8. The third-order valence-corrected chi connectivity index (χ3v) is 2.84. The standard InChI is InChI=1S/C11H14N2O2S/c1-11(2,3)15-10(14)13-5-4-8-9(6-13)16-7-12-8/h4-6H,7H2,1-3H3. The number of fused-ring (bicyclic) bond motifs is 1. The molecule has 2 aliphatic rings. The van der Waals surface area contributed by atoms with Crippen LogP contribution in [0.4, 0.5) is 4.79 Å². The predicted octanol–water partition coefficient (Wildman–Crippen LogP) is 2.74. The highest BCUT2D eigenvalue weighted by molar-refractivity contribution is 8.04. The fraction of sp³-hybridized carbons (Fsp3) is 0.455. The third kappa shape index (κ3) is 2.47. The van der Waals surface area contributed by atoms with Crippen LogP contribution < -0.4 is 0 Å². The van der Waals surface area contributed by atoms with E-state index in [-0.39, 0.29) is 6.09 Å². The van der Waals surface area contributed by atoms with Crippen LogP contribution in [0.2, 0.25) is 0 Å². The van der Waals surface area contributed by atoms with Crippen LogP contribution in [0.15, 0.2) is 28.4 Å². The molecule has 0 unspecified atom stereocenters. The van der Waals surface area contributed by atoms with Crippen molar-refractivity contribution in [2.24, 2.45) is 4.99 Å². The van der Waals surface area contributed by atoms with E-state index in [9.17, 15) is 4.79 Å². The lowest BCUT2D eigenvalue weighted by Gasteiger charge is -2.24. The molecule has 16 heavy (non-hydrogen) atoms. The van der Waals surface area contributed by atoms with Crippen molar-refractivity contribution in [3.63, 3.8) is 0 Å². The van der Waals surface area contributed by atoms with Crippen LogP contribution in [0.25, 0.3) is 0 Å². The first-order valence-corrected chi connectivity index (χ1v) is 6.03. The molecule has 0 N–H and O–H groups in total. The third-order valence-electron chi connectivity index (χ3n) is 1.96. The number of nitrogens with zero attached hydrogens (tertiary/aromatic N) is 2. The average Bonchev–Trinajstić information content (AvgIpc) is 2.61. The molecule has 5 heteroatoms. The maximum absolute atomic E-state index is 11.8. The molecule has 0 atom stereocenters. The number of carbonyl (C=O) groups is 1. The number of rotatable bonds is 0. The van der Waals surface area contributed by atoms with E-state index in [0.29, 0.717) is 0 Å². The molecule has 0 radical (unpaired) electrons. The second kappa shape index (κ2) is 3.97. The quantitative estimate of drug-likeness (QED) is 0.651. The summed E-state index contributed by atoms with van der Waals surface area (Å²) in [6.07, 6.45) is 4.93. The van der Waals surface area contributed by atoms with Crippen molar-refractivity contribution in [1.29, 1.82) is 0 Å². The minimum Gasteiger partial charge on any atom is -0.443 e. The Hall–Kier alpha value is -1.23. The Bertz CT molecular complexity index is 405. The van der Waals surface area contributed by atoms with E-state index >= 15 is 0 Å². The highest BCUT2D eigenvalue weighted by atomic mass is 32.2. The van der Waals surface area contributed by atoms with E-state index in [2.05, 4.69) is 4.99 Å². The van der Waals surface area contributed by atoms with E-state index < -0.39 is 5.60 Å². The summed E-state index contributed by atoms with van der Waals surface area (Å²) in [6, 6.07) is 0. The highest BCUT2D eigenvalue weighted by Crippen LogP contribution is 2.28. The number of hydrogen-bond donors (Lipinski definition) is 0. The number of allylic oxidation sites excluding steroid dienone is 2. The Kier molecular flexibility index (Phi) is 2.80. The van der Waals surface area contributed by atoms with Crippen LogP contribution in [0.3, 0.4) is 0 Å². The number of thioether (sulfide) groups is 1. The monoisotopic (exact) mass is 238 g/mol. The van der Waals surface area contributed by atoms with E-state index in [1.807, 2.05) is 26.8 Å². The molecule has 0 aromatic carbocycles. The number of aliphatic imine (C=N–C) groups is 1. The summed E-state index contributed by atoms with van der Waals surface area (Å²) in [5, 5.41) is 0. The van der Waals surface area contributed by atoms with Gasteiger partial charge in [0.15, 0.2) is 0 Å². The SMILES string of the molecule is CC(C)(C)OC(=O)N1C=CC2=NCSC2=C1. The van der Waals surface area contributed by atoms with Gasteiger partial charge in [-0.25, -0.2) is 4.79 Å².